The van der Waals surface area contributed by atoms with Gasteiger partial charge in [-0.3, -0.25) is 4.79 Å². The first kappa shape index (κ1) is 20.9. The third-order valence-electron chi connectivity index (χ3n) is 4.58. The molecule has 10 heteroatoms. The fraction of sp³-hybridized carbons (Fsp3) is 0.0455. The van der Waals surface area contributed by atoms with Gasteiger partial charge in [-0.05, 0) is 65.7 Å². The van der Waals surface area contributed by atoms with Crippen molar-refractivity contribution >= 4 is 49.8 Å². The maximum Gasteiger partial charge on any atom is 0.435 e. The first-order chi connectivity index (χ1) is 15.4. The van der Waals surface area contributed by atoms with Crippen LogP contribution in [0.15, 0.2) is 76.4 Å². The third-order valence-corrected chi connectivity index (χ3v) is 7.49. The van der Waals surface area contributed by atoms with Gasteiger partial charge in [0, 0.05) is 5.56 Å². The summed E-state index contributed by atoms with van der Waals surface area (Å²) in [6.07, 6.45) is -4.55. The van der Waals surface area contributed by atoms with Gasteiger partial charge < -0.3 is 0 Å². The van der Waals surface area contributed by atoms with Crippen molar-refractivity contribution in [1.29, 1.82) is 0 Å². The van der Waals surface area contributed by atoms with E-state index in [1.807, 2.05) is 24.3 Å². The second kappa shape index (κ2) is 8.19. The minimum Gasteiger partial charge on any atom is -0.281 e. The summed E-state index contributed by atoms with van der Waals surface area (Å²) in [5.74, 6) is 0. The quantitative estimate of drug-likeness (QED) is 0.252. The summed E-state index contributed by atoms with van der Waals surface area (Å²) in [6.45, 7) is 0. The Morgan fingerprint density at radius 1 is 1.00 bits per heavy atom. The topological polar surface area (TPSA) is 47.8 Å². The molecule has 0 aliphatic heterocycles. The van der Waals surface area contributed by atoms with Crippen LogP contribution >= 0.6 is 34.4 Å². The minimum absolute atomic E-state index is 0.189. The number of halogens is 3. The largest absolute Gasteiger partial charge is 0.435 e. The fourth-order valence-electron chi connectivity index (χ4n) is 3.09. The van der Waals surface area contributed by atoms with Crippen molar-refractivity contribution in [3.8, 4) is 16.3 Å². The lowest BCUT2D eigenvalue weighted by molar-refractivity contribution is -0.141. The Balaban J connectivity index is 1.43. The molecule has 160 valence electrons. The van der Waals surface area contributed by atoms with Gasteiger partial charge in [-0.1, -0.05) is 18.2 Å². The van der Waals surface area contributed by atoms with E-state index in [0.717, 1.165) is 28.0 Å². The molecular formula is C22H12F3N3OS3. The molecule has 0 spiro atoms. The number of benzene rings is 2. The van der Waals surface area contributed by atoms with Crippen LogP contribution < -0.4 is 0 Å². The van der Waals surface area contributed by atoms with E-state index in [4.69, 9.17) is 0 Å². The van der Waals surface area contributed by atoms with Crippen LogP contribution in [-0.4, -0.2) is 19.9 Å². The van der Waals surface area contributed by atoms with Crippen LogP contribution in [0.1, 0.15) is 16.1 Å². The number of thioether (sulfide) groups is 1. The Kier molecular flexibility index (Phi) is 5.36. The minimum atomic E-state index is -4.55. The normalized spacial score (nSPS) is 11.8. The summed E-state index contributed by atoms with van der Waals surface area (Å²) in [5.41, 5.74) is 1.08. The molecule has 5 rings (SSSR count). The number of alkyl halides is 3. The van der Waals surface area contributed by atoms with E-state index in [1.165, 1.54) is 27.4 Å². The van der Waals surface area contributed by atoms with E-state index in [0.29, 0.717) is 26.2 Å². The summed E-state index contributed by atoms with van der Waals surface area (Å²) in [5, 5.41) is 5.38. The van der Waals surface area contributed by atoms with Crippen molar-refractivity contribution in [3.05, 3.63) is 83.4 Å². The number of hydrogen-bond donors (Lipinski definition) is 0. The van der Waals surface area contributed by atoms with E-state index in [1.54, 1.807) is 41.8 Å². The molecule has 0 aliphatic rings. The van der Waals surface area contributed by atoms with Gasteiger partial charge >= 0.3 is 6.18 Å². The molecule has 3 heterocycles. The molecular weight excluding hydrogens is 475 g/mol. The summed E-state index contributed by atoms with van der Waals surface area (Å²) < 4.78 is 42.7. The smallest absolute Gasteiger partial charge is 0.281 e. The lowest BCUT2D eigenvalue weighted by Crippen LogP contribution is -2.07. The molecule has 0 amide bonds. The molecule has 2 aromatic carbocycles. The molecule has 0 fully saturated rings. The van der Waals surface area contributed by atoms with E-state index >= 15 is 0 Å². The number of carbonyl (C=O) groups is 1. The Hall–Kier alpha value is -2.95. The third kappa shape index (κ3) is 4.08. The predicted molar refractivity (Wildman–Crippen MR) is 122 cm³/mol. The summed E-state index contributed by atoms with van der Waals surface area (Å²) >= 11 is 3.80. The second-order valence-corrected chi connectivity index (χ2v) is 9.88. The Morgan fingerprint density at radius 3 is 2.47 bits per heavy atom. The number of rotatable bonds is 4. The first-order valence-electron chi connectivity index (χ1n) is 9.28. The number of thiazole rings is 1. The molecule has 0 aliphatic carbocycles. The Bertz CT molecular complexity index is 1370. The van der Waals surface area contributed by atoms with Crippen molar-refractivity contribution in [2.45, 2.75) is 10.5 Å². The number of carbonyl (C=O) groups excluding carboxylic acids is 1. The summed E-state index contributed by atoms with van der Waals surface area (Å²) in [6, 6.07) is 18.5. The van der Waals surface area contributed by atoms with Gasteiger partial charge in [0.15, 0.2) is 10.0 Å². The van der Waals surface area contributed by atoms with Crippen LogP contribution in [0.25, 0.3) is 26.5 Å². The average molecular weight is 488 g/mol. The molecule has 32 heavy (non-hydrogen) atoms. The molecule has 5 aromatic rings. The predicted octanol–water partition coefficient (Wildman–Crippen LogP) is 7.16. The number of para-hydroxylation sites is 1. The lowest BCUT2D eigenvalue weighted by atomic mass is 10.2. The zero-order valence-corrected chi connectivity index (χ0v) is 18.5. The highest BCUT2D eigenvalue weighted by molar-refractivity contribution is 8.15. The van der Waals surface area contributed by atoms with Gasteiger partial charge in [0.25, 0.3) is 0 Å². The van der Waals surface area contributed by atoms with Crippen LogP contribution in [0.2, 0.25) is 0 Å². The van der Waals surface area contributed by atoms with E-state index in [9.17, 15) is 18.0 Å². The molecule has 0 unspecified atom stereocenters. The van der Waals surface area contributed by atoms with Crippen molar-refractivity contribution in [3.63, 3.8) is 0 Å². The molecule has 0 N–H and O–H groups in total. The number of aromatic nitrogens is 3. The van der Waals surface area contributed by atoms with E-state index in [2.05, 4.69) is 10.1 Å². The van der Waals surface area contributed by atoms with Crippen LogP contribution in [-0.2, 0) is 6.18 Å². The number of fused-ring (bicyclic) bond motifs is 1. The zero-order valence-electron chi connectivity index (χ0n) is 16.0. The molecule has 0 bridgehead atoms. The second-order valence-electron chi connectivity index (χ2n) is 6.69. The Morgan fingerprint density at radius 2 is 1.78 bits per heavy atom. The maximum absolute atomic E-state index is 13.3. The number of nitrogens with zero attached hydrogens (tertiary/aromatic N) is 3. The zero-order chi connectivity index (χ0) is 22.3. The van der Waals surface area contributed by atoms with Crippen LogP contribution in [0.5, 0.6) is 0 Å². The molecule has 3 aromatic heterocycles. The summed E-state index contributed by atoms with van der Waals surface area (Å²) in [7, 11) is 0. The maximum atomic E-state index is 13.3. The molecule has 0 radical (unpaired) electrons. The highest BCUT2D eigenvalue weighted by atomic mass is 32.2. The van der Waals surface area contributed by atoms with Crippen molar-refractivity contribution in [1.82, 2.24) is 14.8 Å². The fourth-order valence-corrected chi connectivity index (χ4v) is 5.73. The molecule has 0 atom stereocenters. The van der Waals surface area contributed by atoms with Gasteiger partial charge in [0.1, 0.15) is 0 Å². The first-order valence-corrected chi connectivity index (χ1v) is 11.8. The highest BCUT2D eigenvalue weighted by Gasteiger charge is 2.35. The van der Waals surface area contributed by atoms with Crippen molar-refractivity contribution in [2.75, 3.05) is 0 Å². The van der Waals surface area contributed by atoms with Crippen LogP contribution in [0, 0.1) is 0 Å². The van der Waals surface area contributed by atoms with E-state index < -0.39 is 11.9 Å². The van der Waals surface area contributed by atoms with Gasteiger partial charge in [-0.25, -0.2) is 9.67 Å². The van der Waals surface area contributed by atoms with Crippen molar-refractivity contribution in [2.24, 2.45) is 0 Å². The number of hydrogen-bond acceptors (Lipinski definition) is 6. The van der Waals surface area contributed by atoms with E-state index in [-0.39, 0.29) is 5.12 Å². The van der Waals surface area contributed by atoms with Gasteiger partial charge in [-0.15, -0.1) is 22.7 Å². The highest BCUT2D eigenvalue weighted by Crippen LogP contribution is 2.35. The SMILES string of the molecule is O=C(Sc1nc2ccccc2s1)c1ccc(-n2nc(C(F)(F)F)cc2-c2cccs2)cc1. The van der Waals surface area contributed by atoms with Gasteiger partial charge in [0.2, 0.25) is 5.12 Å². The van der Waals surface area contributed by atoms with Gasteiger partial charge in [-0.2, -0.15) is 18.3 Å². The number of thiophene rings is 1. The molecule has 0 saturated heterocycles. The van der Waals surface area contributed by atoms with Crippen LogP contribution in [0.3, 0.4) is 0 Å². The van der Waals surface area contributed by atoms with Crippen molar-refractivity contribution < 1.29 is 18.0 Å². The standard InChI is InChI=1S/C22H12F3N3OS3/c23-22(24,25)19-12-16(18-6-3-11-30-18)28(27-19)14-9-7-13(8-10-14)20(29)32-21-26-15-4-1-2-5-17(15)31-21/h1-12H. The van der Waals surface area contributed by atoms with Gasteiger partial charge in [0.05, 0.1) is 26.5 Å². The molecule has 4 nitrogen and oxygen atoms in total. The average Bonchev–Trinajstić information content (AvgIpc) is 3.51. The Labute approximate surface area is 192 Å². The summed E-state index contributed by atoms with van der Waals surface area (Å²) in [4.78, 5) is 17.8. The monoisotopic (exact) mass is 487 g/mol. The molecule has 0 saturated carbocycles. The van der Waals surface area contributed by atoms with Crippen LogP contribution in [0.4, 0.5) is 13.2 Å². The lowest BCUT2D eigenvalue weighted by Gasteiger charge is -2.07.